The van der Waals surface area contributed by atoms with E-state index in [1.807, 2.05) is 0 Å². The smallest absolute Gasteiger partial charge is 0.308 e. The zero-order valence-electron chi connectivity index (χ0n) is 9.81. The zero-order valence-corrected chi connectivity index (χ0v) is 9.81. The molecular weight excluding hydrogens is 190 g/mol. The molecule has 0 aromatic rings. The van der Waals surface area contributed by atoms with Gasteiger partial charge in [-0.3, -0.25) is 9.69 Å². The number of carbonyl (C=O) groups is 1. The number of carboxylic acid groups (broad SMARTS) is 1. The first-order valence-corrected chi connectivity index (χ1v) is 6.01. The number of carboxylic acids is 1. The molecule has 0 aromatic carbocycles. The van der Waals surface area contributed by atoms with Gasteiger partial charge in [-0.25, -0.2) is 0 Å². The minimum Gasteiger partial charge on any atom is -0.481 e. The molecule has 0 bridgehead atoms. The molecule has 1 aliphatic heterocycles. The van der Waals surface area contributed by atoms with Crippen molar-refractivity contribution in [3.63, 3.8) is 0 Å². The van der Waals surface area contributed by atoms with Crippen molar-refractivity contribution in [2.45, 2.75) is 45.7 Å². The SMILES string of the molecule is CC(C)C1C(C(=O)O)C(C)CN1C1CC1. The summed E-state index contributed by atoms with van der Waals surface area (Å²) in [5, 5.41) is 9.30. The molecule has 1 N–H and O–H groups in total. The Kier molecular flexibility index (Phi) is 2.75. The molecule has 3 unspecified atom stereocenters. The standard InChI is InChI=1S/C12H21NO2/c1-7(2)11-10(12(14)15)8(3)6-13(11)9-4-5-9/h7-11H,4-6H2,1-3H3,(H,14,15). The number of likely N-dealkylation sites (tertiary alicyclic amines) is 1. The fourth-order valence-electron chi connectivity index (χ4n) is 3.10. The van der Waals surface area contributed by atoms with E-state index in [4.69, 9.17) is 0 Å². The fourth-order valence-corrected chi connectivity index (χ4v) is 3.10. The lowest BCUT2D eigenvalue weighted by molar-refractivity contribution is -0.144. The van der Waals surface area contributed by atoms with Crippen molar-refractivity contribution in [2.24, 2.45) is 17.8 Å². The van der Waals surface area contributed by atoms with Crippen LogP contribution in [0, 0.1) is 17.8 Å². The molecule has 1 saturated carbocycles. The lowest BCUT2D eigenvalue weighted by atomic mass is 9.86. The van der Waals surface area contributed by atoms with Gasteiger partial charge in [0.1, 0.15) is 0 Å². The van der Waals surface area contributed by atoms with Gasteiger partial charge in [-0.2, -0.15) is 0 Å². The summed E-state index contributed by atoms with van der Waals surface area (Å²) in [6.07, 6.45) is 2.53. The summed E-state index contributed by atoms with van der Waals surface area (Å²) < 4.78 is 0. The van der Waals surface area contributed by atoms with E-state index in [1.54, 1.807) is 0 Å². The van der Waals surface area contributed by atoms with Crippen LogP contribution < -0.4 is 0 Å². The summed E-state index contributed by atoms with van der Waals surface area (Å²) in [5.41, 5.74) is 0. The number of nitrogens with zero attached hydrogens (tertiary/aromatic N) is 1. The van der Waals surface area contributed by atoms with Crippen LogP contribution >= 0.6 is 0 Å². The summed E-state index contributed by atoms with van der Waals surface area (Å²) >= 11 is 0. The summed E-state index contributed by atoms with van der Waals surface area (Å²) in [4.78, 5) is 13.7. The number of rotatable bonds is 3. The average Bonchev–Trinajstić information content (AvgIpc) is 2.88. The van der Waals surface area contributed by atoms with Gasteiger partial charge >= 0.3 is 5.97 Å². The summed E-state index contributed by atoms with van der Waals surface area (Å²) in [7, 11) is 0. The van der Waals surface area contributed by atoms with Crippen molar-refractivity contribution in [3.05, 3.63) is 0 Å². The van der Waals surface area contributed by atoms with Crippen LogP contribution in [0.2, 0.25) is 0 Å². The third-order valence-electron chi connectivity index (χ3n) is 3.85. The first-order chi connectivity index (χ1) is 7.02. The maximum Gasteiger partial charge on any atom is 0.308 e. The first-order valence-electron chi connectivity index (χ1n) is 6.01. The molecule has 0 aromatic heterocycles. The minimum absolute atomic E-state index is 0.161. The number of aliphatic carboxylic acids is 1. The molecule has 1 saturated heterocycles. The molecule has 3 heteroatoms. The second kappa shape index (κ2) is 3.78. The fraction of sp³-hybridized carbons (Fsp3) is 0.917. The predicted molar refractivity (Wildman–Crippen MR) is 58.6 cm³/mol. The van der Waals surface area contributed by atoms with Crippen LogP contribution in [0.15, 0.2) is 0 Å². The minimum atomic E-state index is -0.607. The lowest BCUT2D eigenvalue weighted by Gasteiger charge is -2.29. The van der Waals surface area contributed by atoms with Gasteiger partial charge in [-0.15, -0.1) is 0 Å². The second-order valence-corrected chi connectivity index (χ2v) is 5.50. The third kappa shape index (κ3) is 1.89. The second-order valence-electron chi connectivity index (χ2n) is 5.50. The van der Waals surface area contributed by atoms with Crippen LogP contribution in [0.1, 0.15) is 33.6 Å². The molecule has 2 fully saturated rings. The quantitative estimate of drug-likeness (QED) is 0.774. The first kappa shape index (κ1) is 10.9. The normalized spacial score (nSPS) is 37.5. The molecule has 2 aliphatic rings. The van der Waals surface area contributed by atoms with E-state index in [-0.39, 0.29) is 12.0 Å². The summed E-state index contributed by atoms with van der Waals surface area (Å²) in [6, 6.07) is 0.939. The Morgan fingerprint density at radius 2 is 2.00 bits per heavy atom. The number of hydrogen-bond donors (Lipinski definition) is 1. The van der Waals surface area contributed by atoms with Crippen molar-refractivity contribution in [1.82, 2.24) is 4.90 Å². The molecule has 2 rings (SSSR count). The largest absolute Gasteiger partial charge is 0.481 e. The van der Waals surface area contributed by atoms with E-state index in [0.29, 0.717) is 17.9 Å². The molecule has 0 radical (unpaired) electrons. The van der Waals surface area contributed by atoms with Crippen molar-refractivity contribution >= 4 is 5.97 Å². The van der Waals surface area contributed by atoms with Crippen LogP contribution in [0.5, 0.6) is 0 Å². The maximum absolute atomic E-state index is 11.3. The summed E-state index contributed by atoms with van der Waals surface area (Å²) in [5.74, 6) is -0.0258. The summed E-state index contributed by atoms with van der Waals surface area (Å²) in [6.45, 7) is 7.35. The predicted octanol–water partition coefficient (Wildman–Crippen LogP) is 1.83. The van der Waals surface area contributed by atoms with Crippen LogP contribution in [0.3, 0.4) is 0 Å². The van der Waals surface area contributed by atoms with Gasteiger partial charge in [-0.1, -0.05) is 20.8 Å². The van der Waals surface area contributed by atoms with Crippen molar-refractivity contribution in [2.75, 3.05) is 6.54 Å². The van der Waals surface area contributed by atoms with Crippen molar-refractivity contribution in [1.29, 1.82) is 0 Å². The molecule has 1 heterocycles. The monoisotopic (exact) mass is 211 g/mol. The lowest BCUT2D eigenvalue weighted by Crippen LogP contribution is -2.41. The van der Waals surface area contributed by atoms with Crippen LogP contribution in [0.4, 0.5) is 0 Å². The van der Waals surface area contributed by atoms with Gasteiger partial charge in [0.15, 0.2) is 0 Å². The van der Waals surface area contributed by atoms with Crippen molar-refractivity contribution < 1.29 is 9.90 Å². The van der Waals surface area contributed by atoms with Crippen LogP contribution in [-0.2, 0) is 4.79 Å². The highest BCUT2D eigenvalue weighted by molar-refractivity contribution is 5.72. The molecule has 15 heavy (non-hydrogen) atoms. The highest BCUT2D eigenvalue weighted by Gasteiger charge is 2.49. The Morgan fingerprint density at radius 1 is 1.40 bits per heavy atom. The Bertz CT molecular complexity index is 260. The molecule has 1 aliphatic carbocycles. The van der Waals surface area contributed by atoms with E-state index in [9.17, 15) is 9.90 Å². The van der Waals surface area contributed by atoms with E-state index in [1.165, 1.54) is 12.8 Å². The highest BCUT2D eigenvalue weighted by Crippen LogP contribution is 2.41. The third-order valence-corrected chi connectivity index (χ3v) is 3.85. The van der Waals surface area contributed by atoms with E-state index in [2.05, 4.69) is 25.7 Å². The van der Waals surface area contributed by atoms with Crippen LogP contribution in [0.25, 0.3) is 0 Å². The molecule has 0 amide bonds. The van der Waals surface area contributed by atoms with Gasteiger partial charge in [0.25, 0.3) is 0 Å². The van der Waals surface area contributed by atoms with E-state index in [0.717, 1.165) is 6.54 Å². The van der Waals surface area contributed by atoms with Gasteiger partial charge in [0.2, 0.25) is 0 Å². The highest BCUT2D eigenvalue weighted by atomic mass is 16.4. The van der Waals surface area contributed by atoms with Crippen LogP contribution in [-0.4, -0.2) is 34.6 Å². The molecule has 3 nitrogen and oxygen atoms in total. The molecule has 0 spiro atoms. The molecular formula is C12H21NO2. The molecule has 3 atom stereocenters. The molecule has 86 valence electrons. The Hall–Kier alpha value is -0.570. The topological polar surface area (TPSA) is 40.5 Å². The van der Waals surface area contributed by atoms with E-state index >= 15 is 0 Å². The van der Waals surface area contributed by atoms with Gasteiger partial charge < -0.3 is 5.11 Å². The van der Waals surface area contributed by atoms with E-state index < -0.39 is 5.97 Å². The average molecular weight is 211 g/mol. The van der Waals surface area contributed by atoms with Gasteiger partial charge in [0.05, 0.1) is 5.92 Å². The van der Waals surface area contributed by atoms with Gasteiger partial charge in [0, 0.05) is 18.6 Å². The Balaban J connectivity index is 2.18. The number of hydrogen-bond acceptors (Lipinski definition) is 2. The maximum atomic E-state index is 11.3. The van der Waals surface area contributed by atoms with Crippen molar-refractivity contribution in [3.8, 4) is 0 Å². The Labute approximate surface area is 91.5 Å². The zero-order chi connectivity index (χ0) is 11.2. The Morgan fingerprint density at radius 3 is 2.40 bits per heavy atom. The van der Waals surface area contributed by atoms with Gasteiger partial charge in [-0.05, 0) is 24.7 Å².